The molecule has 0 spiro atoms. The molecular formula is C30H34O6. The van der Waals surface area contributed by atoms with Crippen LogP contribution in [0.25, 0.3) is 0 Å². The van der Waals surface area contributed by atoms with Crippen molar-refractivity contribution in [3.8, 4) is 17.8 Å². The fourth-order valence-electron chi connectivity index (χ4n) is 6.85. The minimum Gasteiger partial charge on any atom is -0.467 e. The number of hydrogen-bond acceptors (Lipinski definition) is 6. The monoisotopic (exact) mass is 490 g/mol. The van der Waals surface area contributed by atoms with Crippen LogP contribution in [0.15, 0.2) is 48.5 Å². The van der Waals surface area contributed by atoms with Crippen molar-refractivity contribution in [2.75, 3.05) is 27.1 Å². The number of carbonyl (C=O) groups excluding carboxylic acids is 1. The summed E-state index contributed by atoms with van der Waals surface area (Å²) in [5.41, 5.74) is 2.31. The topological polar surface area (TPSA) is 74.2 Å². The average Bonchev–Trinajstić information content (AvgIpc) is 2.88. The predicted octanol–water partition coefficient (Wildman–Crippen LogP) is 5.01. The number of aliphatic hydroxyl groups excluding tert-OH is 1. The van der Waals surface area contributed by atoms with E-state index in [0.29, 0.717) is 24.3 Å². The van der Waals surface area contributed by atoms with Gasteiger partial charge >= 0.3 is 5.97 Å². The van der Waals surface area contributed by atoms with Crippen molar-refractivity contribution in [3.05, 3.63) is 65.2 Å². The molecule has 0 radical (unpaired) electrons. The Labute approximate surface area is 212 Å². The first-order chi connectivity index (χ1) is 17.6. The van der Waals surface area contributed by atoms with Gasteiger partial charge in [-0.15, -0.1) is 0 Å². The van der Waals surface area contributed by atoms with Crippen LogP contribution in [0.2, 0.25) is 0 Å². The molecule has 1 unspecified atom stereocenters. The fraction of sp³-hybridized carbons (Fsp3) is 0.500. The van der Waals surface area contributed by atoms with Crippen molar-refractivity contribution >= 4 is 5.97 Å². The Morgan fingerprint density at radius 2 is 1.72 bits per heavy atom. The van der Waals surface area contributed by atoms with Crippen LogP contribution >= 0.6 is 0 Å². The number of ether oxygens (including phenoxy) is 4. The molecule has 0 saturated heterocycles. The van der Waals surface area contributed by atoms with Crippen LogP contribution < -0.4 is 4.74 Å². The van der Waals surface area contributed by atoms with E-state index < -0.39 is 12.1 Å². The van der Waals surface area contributed by atoms with Crippen LogP contribution in [0, 0.1) is 29.8 Å². The molecule has 6 heteroatoms. The van der Waals surface area contributed by atoms with Gasteiger partial charge in [-0.05, 0) is 97.4 Å². The number of esters is 1. The Morgan fingerprint density at radius 3 is 2.39 bits per heavy atom. The van der Waals surface area contributed by atoms with Crippen molar-refractivity contribution < 1.29 is 28.8 Å². The lowest BCUT2D eigenvalue weighted by Gasteiger charge is -2.57. The Morgan fingerprint density at radius 1 is 1.03 bits per heavy atom. The Balaban J connectivity index is 1.35. The maximum atomic E-state index is 12.1. The molecule has 0 amide bonds. The lowest BCUT2D eigenvalue weighted by Crippen LogP contribution is -2.48. The van der Waals surface area contributed by atoms with Crippen LogP contribution in [0.1, 0.15) is 66.1 Å². The van der Waals surface area contributed by atoms with Gasteiger partial charge in [0.1, 0.15) is 18.0 Å². The van der Waals surface area contributed by atoms with Crippen LogP contribution in [0.3, 0.4) is 0 Å². The summed E-state index contributed by atoms with van der Waals surface area (Å²) in [4.78, 5) is 12.1. The van der Waals surface area contributed by atoms with E-state index in [-0.39, 0.29) is 12.2 Å². The maximum absolute atomic E-state index is 12.1. The Hall–Kier alpha value is -2.85. The number of benzene rings is 2. The van der Waals surface area contributed by atoms with Gasteiger partial charge in [0.05, 0.1) is 18.8 Å². The molecule has 4 aliphatic rings. The van der Waals surface area contributed by atoms with Gasteiger partial charge in [0.15, 0.2) is 6.79 Å². The third-order valence-corrected chi connectivity index (χ3v) is 8.01. The molecule has 36 heavy (non-hydrogen) atoms. The van der Waals surface area contributed by atoms with E-state index in [1.54, 1.807) is 31.4 Å². The second kappa shape index (κ2) is 11.0. The molecule has 4 bridgehead atoms. The lowest BCUT2D eigenvalue weighted by atomic mass is 9.48. The van der Waals surface area contributed by atoms with Crippen molar-refractivity contribution in [3.63, 3.8) is 0 Å². The average molecular weight is 491 g/mol. The fourth-order valence-corrected chi connectivity index (χ4v) is 6.85. The summed E-state index contributed by atoms with van der Waals surface area (Å²) in [6.45, 7) is 1.14. The molecule has 2 aromatic rings. The van der Waals surface area contributed by atoms with Crippen molar-refractivity contribution in [1.82, 2.24) is 0 Å². The molecule has 0 aromatic heterocycles. The lowest BCUT2D eigenvalue weighted by molar-refractivity contribution is -0.0190. The van der Waals surface area contributed by atoms with Crippen LogP contribution in [0.5, 0.6) is 5.75 Å². The second-order valence-corrected chi connectivity index (χ2v) is 10.5. The van der Waals surface area contributed by atoms with E-state index in [9.17, 15) is 9.90 Å². The molecule has 2 aromatic carbocycles. The van der Waals surface area contributed by atoms with Crippen LogP contribution in [-0.2, 0) is 19.6 Å². The third kappa shape index (κ3) is 5.44. The van der Waals surface area contributed by atoms with Crippen LogP contribution in [0.4, 0.5) is 0 Å². The molecule has 0 aliphatic heterocycles. The normalized spacial score (nSPS) is 26.7. The first kappa shape index (κ1) is 24.8. The molecule has 1 atom stereocenters. The van der Waals surface area contributed by atoms with E-state index in [0.717, 1.165) is 29.1 Å². The number of hydrogen-bond donors (Lipinski definition) is 1. The highest BCUT2D eigenvalue weighted by Gasteiger charge is 2.52. The zero-order chi connectivity index (χ0) is 25.0. The SMILES string of the molecule is COCCOCOc1ccc(C(O)C#COC(=O)c2ccccc2)cc1C12CC3CC(CC(C3)C1)C2. The van der Waals surface area contributed by atoms with Gasteiger partial charge in [-0.3, -0.25) is 0 Å². The summed E-state index contributed by atoms with van der Waals surface area (Å²) in [6.07, 6.45) is 8.85. The molecule has 6 nitrogen and oxygen atoms in total. The number of aliphatic hydroxyl groups is 1. The molecule has 1 N–H and O–H groups in total. The van der Waals surface area contributed by atoms with Crippen molar-refractivity contribution in [2.24, 2.45) is 17.8 Å². The Bertz CT molecular complexity index is 1080. The second-order valence-electron chi connectivity index (χ2n) is 10.5. The van der Waals surface area contributed by atoms with Gasteiger partial charge in [0.2, 0.25) is 0 Å². The molecule has 6 rings (SSSR count). The van der Waals surface area contributed by atoms with E-state index in [4.69, 9.17) is 18.9 Å². The summed E-state index contributed by atoms with van der Waals surface area (Å²) in [5, 5.41) is 10.8. The molecule has 0 heterocycles. The van der Waals surface area contributed by atoms with Crippen molar-refractivity contribution in [2.45, 2.75) is 50.0 Å². The Kier molecular flexibility index (Phi) is 7.62. The third-order valence-electron chi connectivity index (χ3n) is 8.01. The van der Waals surface area contributed by atoms with E-state index >= 15 is 0 Å². The van der Waals surface area contributed by atoms with E-state index in [2.05, 4.69) is 18.1 Å². The number of carbonyl (C=O) groups is 1. The van der Waals surface area contributed by atoms with Gasteiger partial charge < -0.3 is 24.1 Å². The minimum atomic E-state index is -1.08. The standard InChI is InChI=1S/C30H34O6/c1-33-11-12-34-20-36-28-8-7-25(27(31)9-10-35-29(32)24-5-3-2-4-6-24)16-26(28)30-17-21-13-22(18-30)15-23(14-21)19-30/h2-8,16,21-23,27,31H,11-15,17-20H2,1H3. The summed E-state index contributed by atoms with van der Waals surface area (Å²) in [6, 6.07) is 14.5. The zero-order valence-electron chi connectivity index (χ0n) is 20.8. The van der Waals surface area contributed by atoms with Crippen LogP contribution in [-0.4, -0.2) is 38.2 Å². The van der Waals surface area contributed by atoms with E-state index in [1.807, 2.05) is 18.2 Å². The number of rotatable bonds is 9. The molecule has 4 aliphatic carbocycles. The molecular weight excluding hydrogens is 456 g/mol. The zero-order valence-corrected chi connectivity index (χ0v) is 20.8. The highest BCUT2D eigenvalue weighted by atomic mass is 16.7. The van der Waals surface area contributed by atoms with Gasteiger partial charge in [0.25, 0.3) is 0 Å². The highest BCUT2D eigenvalue weighted by molar-refractivity contribution is 5.89. The predicted molar refractivity (Wildman–Crippen MR) is 134 cm³/mol. The van der Waals surface area contributed by atoms with Gasteiger partial charge in [-0.25, -0.2) is 4.79 Å². The first-order valence-electron chi connectivity index (χ1n) is 12.8. The maximum Gasteiger partial charge on any atom is 0.352 e. The van der Waals surface area contributed by atoms with Gasteiger partial charge in [-0.2, -0.15) is 0 Å². The first-order valence-corrected chi connectivity index (χ1v) is 12.8. The molecule has 190 valence electrons. The van der Waals surface area contributed by atoms with Gasteiger partial charge in [0, 0.05) is 12.7 Å². The molecule has 4 saturated carbocycles. The quantitative estimate of drug-likeness (QED) is 0.231. The smallest absolute Gasteiger partial charge is 0.352 e. The molecule has 4 fully saturated rings. The largest absolute Gasteiger partial charge is 0.467 e. The summed E-state index contributed by atoms with van der Waals surface area (Å²) in [5.74, 6) is 5.26. The minimum absolute atomic E-state index is 0.0690. The van der Waals surface area contributed by atoms with Crippen molar-refractivity contribution in [1.29, 1.82) is 0 Å². The summed E-state index contributed by atoms with van der Waals surface area (Å²) in [7, 11) is 1.64. The van der Waals surface area contributed by atoms with Gasteiger partial charge in [-0.1, -0.05) is 24.3 Å². The highest BCUT2D eigenvalue weighted by Crippen LogP contribution is 2.62. The summed E-state index contributed by atoms with van der Waals surface area (Å²) >= 11 is 0. The number of methoxy groups -OCH3 is 1. The van der Waals surface area contributed by atoms with E-state index in [1.165, 1.54) is 38.5 Å². The summed E-state index contributed by atoms with van der Waals surface area (Å²) < 4.78 is 21.8.